The van der Waals surface area contributed by atoms with Crippen LogP contribution >= 0.6 is 0 Å². The van der Waals surface area contributed by atoms with Gasteiger partial charge in [0, 0.05) is 11.1 Å². The van der Waals surface area contributed by atoms with Crippen molar-refractivity contribution in [2.75, 3.05) is 6.54 Å². The zero-order chi connectivity index (χ0) is 26.1. The fraction of sp³-hybridized carbons (Fsp3) is 0.613. The van der Waals surface area contributed by atoms with Gasteiger partial charge in [-0.15, -0.1) is 0 Å². The fourth-order valence-electron chi connectivity index (χ4n) is 5.18. The van der Waals surface area contributed by atoms with Crippen LogP contribution in [0.2, 0.25) is 0 Å². The number of nitroso groups, excluding NO2 is 1. The number of fused-ring (bicyclic) bond motifs is 6. The number of ether oxygens (including phenoxy) is 3. The monoisotopic (exact) mass is 493 g/mol. The van der Waals surface area contributed by atoms with Crippen molar-refractivity contribution in [3.63, 3.8) is 0 Å². The Morgan fingerprint density at radius 2 is 1.19 bits per heavy atom. The first-order valence-corrected chi connectivity index (χ1v) is 13.7. The molecule has 5 nitrogen and oxygen atoms in total. The summed E-state index contributed by atoms with van der Waals surface area (Å²) in [7, 11) is 0. The number of hydrogen-bond donors (Lipinski definition) is 0. The first-order valence-electron chi connectivity index (χ1n) is 13.7. The summed E-state index contributed by atoms with van der Waals surface area (Å²) in [6, 6.07) is 8.99. The van der Waals surface area contributed by atoms with E-state index in [-0.39, 0.29) is 10.8 Å². The quantitative estimate of drug-likeness (QED) is 0.259. The van der Waals surface area contributed by atoms with Crippen LogP contribution in [-0.2, 0) is 28.4 Å². The van der Waals surface area contributed by atoms with Crippen LogP contribution in [0.5, 0.6) is 11.5 Å². The molecule has 2 aliphatic rings. The van der Waals surface area contributed by atoms with Crippen LogP contribution in [0.4, 0.5) is 0 Å². The molecular formula is C31H43NO4. The summed E-state index contributed by atoms with van der Waals surface area (Å²) in [5.74, 6) is 1.80. The number of rotatable bonds is 9. The second-order valence-electron chi connectivity index (χ2n) is 12.4. The van der Waals surface area contributed by atoms with E-state index in [2.05, 4.69) is 77.9 Å². The van der Waals surface area contributed by atoms with E-state index in [4.69, 9.17) is 14.2 Å². The molecule has 36 heavy (non-hydrogen) atoms. The van der Waals surface area contributed by atoms with Crippen molar-refractivity contribution in [2.24, 2.45) is 5.18 Å². The van der Waals surface area contributed by atoms with Crippen molar-refractivity contribution in [2.45, 2.75) is 117 Å². The molecule has 0 radical (unpaired) electrons. The molecule has 0 aromatic heterocycles. The van der Waals surface area contributed by atoms with E-state index < -0.39 is 12.6 Å². The third-order valence-electron chi connectivity index (χ3n) is 7.21. The number of aryl methyl sites for hydroxylation is 2. The molecule has 2 unspecified atom stereocenters. The van der Waals surface area contributed by atoms with Crippen molar-refractivity contribution < 1.29 is 14.2 Å². The lowest BCUT2D eigenvalue weighted by Crippen LogP contribution is -2.33. The normalized spacial score (nSPS) is 18.6. The number of nitrogens with zero attached hydrogens (tertiary/aromatic N) is 1. The standard InChI is InChI=1S/C31H43NO4/c1-8-9-10-13-20-16-22-26(24(18-20)30(2,3)4)34-29-23-17-21(14-11-12-15-32-33)19-25(31(5,6)7)27(23)35-28(22)36-29/h16-19,28-29H,8-15H2,1-7H3. The Morgan fingerprint density at radius 3 is 1.61 bits per heavy atom. The SMILES string of the molecule is CCCCCc1cc2c(c(C(C)(C)C)c1)OC1OC2Oc2c1cc(CCCCN=O)cc2C(C)(C)C. The molecule has 2 aromatic rings. The van der Waals surface area contributed by atoms with Gasteiger partial charge in [-0.1, -0.05) is 78.6 Å². The van der Waals surface area contributed by atoms with Crippen molar-refractivity contribution in [3.8, 4) is 11.5 Å². The van der Waals surface area contributed by atoms with Crippen LogP contribution in [0.15, 0.2) is 29.4 Å². The number of hydrogen-bond acceptors (Lipinski definition) is 5. The van der Waals surface area contributed by atoms with Gasteiger partial charge in [0.1, 0.15) is 11.5 Å². The highest BCUT2D eigenvalue weighted by Crippen LogP contribution is 2.53. The minimum atomic E-state index is -0.504. The Balaban J connectivity index is 1.75. The van der Waals surface area contributed by atoms with Gasteiger partial charge in [-0.3, -0.25) is 4.74 Å². The van der Waals surface area contributed by atoms with Gasteiger partial charge in [-0.25, -0.2) is 0 Å². The Labute approximate surface area is 216 Å². The second kappa shape index (κ2) is 10.5. The summed E-state index contributed by atoms with van der Waals surface area (Å²) in [6.07, 6.45) is 6.27. The lowest BCUT2D eigenvalue weighted by atomic mass is 9.81. The van der Waals surface area contributed by atoms with Crippen LogP contribution in [-0.4, -0.2) is 6.54 Å². The molecule has 0 amide bonds. The summed E-state index contributed by atoms with van der Waals surface area (Å²) in [5.41, 5.74) is 6.72. The summed E-state index contributed by atoms with van der Waals surface area (Å²) < 4.78 is 19.7. The minimum absolute atomic E-state index is 0.0651. The third kappa shape index (κ3) is 5.61. The average Bonchev–Trinajstić information content (AvgIpc) is 2.80. The number of benzene rings is 2. The lowest BCUT2D eigenvalue weighted by molar-refractivity contribution is -0.228. The van der Waals surface area contributed by atoms with Gasteiger partial charge in [-0.2, -0.15) is 4.91 Å². The molecule has 2 bridgehead atoms. The molecule has 2 aliphatic heterocycles. The van der Waals surface area contributed by atoms with Crippen LogP contribution < -0.4 is 9.47 Å². The molecule has 0 aliphatic carbocycles. The highest BCUT2D eigenvalue weighted by Gasteiger charge is 2.42. The van der Waals surface area contributed by atoms with Crippen molar-refractivity contribution in [1.29, 1.82) is 0 Å². The molecule has 0 fully saturated rings. The Hall–Kier alpha value is -2.40. The van der Waals surface area contributed by atoms with E-state index in [0.717, 1.165) is 48.3 Å². The smallest absolute Gasteiger partial charge is 0.233 e. The summed E-state index contributed by atoms with van der Waals surface area (Å²) in [5, 5.41) is 3.00. The van der Waals surface area contributed by atoms with Crippen molar-refractivity contribution >= 4 is 0 Å². The van der Waals surface area contributed by atoms with E-state index >= 15 is 0 Å². The van der Waals surface area contributed by atoms with Crippen LogP contribution in [0.1, 0.15) is 127 Å². The maximum Gasteiger partial charge on any atom is 0.233 e. The molecule has 2 atom stereocenters. The number of unbranched alkanes of at least 4 members (excludes halogenated alkanes) is 3. The molecule has 0 saturated heterocycles. The van der Waals surface area contributed by atoms with Crippen LogP contribution in [0.3, 0.4) is 0 Å². The van der Waals surface area contributed by atoms with Gasteiger partial charge >= 0.3 is 0 Å². The topological polar surface area (TPSA) is 57.1 Å². The van der Waals surface area contributed by atoms with E-state index in [1.165, 1.54) is 41.5 Å². The third-order valence-corrected chi connectivity index (χ3v) is 7.21. The maximum atomic E-state index is 10.5. The van der Waals surface area contributed by atoms with E-state index in [0.29, 0.717) is 6.54 Å². The first kappa shape index (κ1) is 26.7. The highest BCUT2D eigenvalue weighted by molar-refractivity contribution is 5.55. The second-order valence-corrected chi connectivity index (χ2v) is 12.4. The van der Waals surface area contributed by atoms with E-state index in [1.807, 2.05) is 0 Å². The van der Waals surface area contributed by atoms with Gasteiger partial charge in [0.15, 0.2) is 0 Å². The van der Waals surface area contributed by atoms with E-state index in [1.54, 1.807) is 0 Å². The molecule has 4 rings (SSSR count). The van der Waals surface area contributed by atoms with Crippen molar-refractivity contribution in [1.82, 2.24) is 0 Å². The fourth-order valence-corrected chi connectivity index (χ4v) is 5.18. The zero-order valence-electron chi connectivity index (χ0n) is 23.2. The van der Waals surface area contributed by atoms with Gasteiger partial charge in [0.25, 0.3) is 0 Å². The predicted octanol–water partition coefficient (Wildman–Crippen LogP) is 8.60. The summed E-state index contributed by atoms with van der Waals surface area (Å²) in [6.45, 7) is 16.0. The van der Waals surface area contributed by atoms with Crippen LogP contribution in [0, 0.1) is 4.91 Å². The molecule has 0 N–H and O–H groups in total. The molecule has 196 valence electrons. The lowest BCUT2D eigenvalue weighted by Gasteiger charge is -2.42. The average molecular weight is 494 g/mol. The van der Waals surface area contributed by atoms with Gasteiger partial charge in [-0.05, 0) is 66.2 Å². The minimum Gasteiger partial charge on any atom is -0.459 e. The largest absolute Gasteiger partial charge is 0.459 e. The molecule has 5 heteroatoms. The van der Waals surface area contributed by atoms with E-state index in [9.17, 15) is 4.91 Å². The zero-order valence-corrected chi connectivity index (χ0v) is 23.2. The van der Waals surface area contributed by atoms with Gasteiger partial charge in [0.05, 0.1) is 17.7 Å². The Kier molecular flexibility index (Phi) is 7.80. The van der Waals surface area contributed by atoms with Crippen LogP contribution in [0.25, 0.3) is 0 Å². The Bertz CT molecular complexity index is 1090. The summed E-state index contributed by atoms with van der Waals surface area (Å²) in [4.78, 5) is 10.5. The first-order chi connectivity index (χ1) is 17.0. The van der Waals surface area contributed by atoms with Gasteiger partial charge < -0.3 is 9.47 Å². The Morgan fingerprint density at radius 1 is 0.722 bits per heavy atom. The molecule has 2 aromatic carbocycles. The highest BCUT2D eigenvalue weighted by atomic mass is 16.8. The maximum absolute atomic E-state index is 10.5. The molecule has 0 spiro atoms. The predicted molar refractivity (Wildman–Crippen MR) is 145 cm³/mol. The molecule has 0 saturated carbocycles. The van der Waals surface area contributed by atoms with Crippen molar-refractivity contribution in [3.05, 3.63) is 62.6 Å². The molecule has 2 heterocycles. The summed E-state index contributed by atoms with van der Waals surface area (Å²) >= 11 is 0. The van der Waals surface area contributed by atoms with Gasteiger partial charge in [0.2, 0.25) is 12.6 Å². The molecular weight excluding hydrogens is 450 g/mol.